The molecule has 4 heteroatoms. The van der Waals surface area contributed by atoms with Crippen LogP contribution in [0.4, 0.5) is 0 Å². The van der Waals surface area contributed by atoms with Gasteiger partial charge in [0.05, 0.1) is 0 Å². The first-order valence-electron chi connectivity index (χ1n) is 5.57. The number of likely N-dealkylation sites (N-methyl/N-ethyl adjacent to an activating group) is 1. The Morgan fingerprint density at radius 1 is 1.31 bits per heavy atom. The molecule has 2 rings (SSSR count). The van der Waals surface area contributed by atoms with Crippen molar-refractivity contribution >= 4 is 5.91 Å². The van der Waals surface area contributed by atoms with E-state index in [9.17, 15) is 4.79 Å². The average molecular weight is 219 g/mol. The van der Waals surface area contributed by atoms with Gasteiger partial charge in [0.25, 0.3) is 5.91 Å². The number of carbonyl (C=O) groups excluding carboxylic acids is 1. The van der Waals surface area contributed by atoms with E-state index < -0.39 is 0 Å². The lowest BCUT2D eigenvalue weighted by Gasteiger charge is -2.32. The van der Waals surface area contributed by atoms with E-state index in [1.807, 2.05) is 24.0 Å². The molecule has 0 radical (unpaired) electrons. The Bertz CT molecular complexity index is 384. The summed E-state index contributed by atoms with van der Waals surface area (Å²) in [6.07, 6.45) is 1.69. The molecule has 4 nitrogen and oxygen atoms in total. The molecular formula is C12H17N3O. The molecule has 0 saturated carbocycles. The smallest absolute Gasteiger partial charge is 0.272 e. The third-order valence-corrected chi connectivity index (χ3v) is 2.93. The minimum absolute atomic E-state index is 0.0526. The van der Waals surface area contributed by atoms with Crippen LogP contribution < -0.4 is 0 Å². The summed E-state index contributed by atoms with van der Waals surface area (Å²) in [5.74, 6) is 0.0526. The third-order valence-electron chi connectivity index (χ3n) is 2.93. The highest BCUT2D eigenvalue weighted by Crippen LogP contribution is 2.07. The normalized spacial score (nSPS) is 17.5. The Labute approximate surface area is 95.9 Å². The number of piperazine rings is 1. The van der Waals surface area contributed by atoms with Crippen molar-refractivity contribution in [3.8, 4) is 0 Å². The Morgan fingerprint density at radius 3 is 2.62 bits per heavy atom. The van der Waals surface area contributed by atoms with Crippen molar-refractivity contribution in [3.63, 3.8) is 0 Å². The van der Waals surface area contributed by atoms with Gasteiger partial charge in [0.15, 0.2) is 0 Å². The van der Waals surface area contributed by atoms with Crippen molar-refractivity contribution in [1.82, 2.24) is 14.8 Å². The number of hydrogen-bond donors (Lipinski definition) is 0. The van der Waals surface area contributed by atoms with E-state index in [1.54, 1.807) is 6.20 Å². The number of rotatable bonds is 1. The van der Waals surface area contributed by atoms with Gasteiger partial charge < -0.3 is 9.80 Å². The zero-order valence-corrected chi connectivity index (χ0v) is 9.81. The molecule has 1 aromatic heterocycles. The Balaban J connectivity index is 2.08. The van der Waals surface area contributed by atoms with Gasteiger partial charge in [0.1, 0.15) is 5.69 Å². The van der Waals surface area contributed by atoms with E-state index in [2.05, 4.69) is 16.9 Å². The van der Waals surface area contributed by atoms with Crippen LogP contribution in [0.3, 0.4) is 0 Å². The molecule has 1 aliphatic rings. The van der Waals surface area contributed by atoms with E-state index in [1.165, 1.54) is 0 Å². The molecule has 0 spiro atoms. The molecule has 16 heavy (non-hydrogen) atoms. The number of aromatic nitrogens is 1. The summed E-state index contributed by atoms with van der Waals surface area (Å²) in [6, 6.07) is 3.75. The van der Waals surface area contributed by atoms with Gasteiger partial charge in [-0.2, -0.15) is 0 Å². The molecule has 0 aliphatic carbocycles. The predicted molar refractivity (Wildman–Crippen MR) is 62.4 cm³/mol. The molecule has 86 valence electrons. The van der Waals surface area contributed by atoms with Crippen LogP contribution in [-0.2, 0) is 0 Å². The number of hydrogen-bond acceptors (Lipinski definition) is 3. The zero-order valence-electron chi connectivity index (χ0n) is 9.81. The van der Waals surface area contributed by atoms with Crippen molar-refractivity contribution in [2.24, 2.45) is 0 Å². The molecule has 0 unspecified atom stereocenters. The molecule has 1 saturated heterocycles. The number of carbonyl (C=O) groups is 1. The molecule has 0 bridgehead atoms. The largest absolute Gasteiger partial charge is 0.335 e. The highest BCUT2D eigenvalue weighted by molar-refractivity contribution is 5.92. The quantitative estimate of drug-likeness (QED) is 0.700. The lowest BCUT2D eigenvalue weighted by Crippen LogP contribution is -2.47. The second kappa shape index (κ2) is 4.61. The number of pyridine rings is 1. The number of nitrogens with zero attached hydrogens (tertiary/aromatic N) is 3. The Kier molecular flexibility index (Phi) is 3.19. The maximum Gasteiger partial charge on any atom is 0.272 e. The van der Waals surface area contributed by atoms with E-state index in [0.29, 0.717) is 5.69 Å². The fraction of sp³-hybridized carbons (Fsp3) is 0.500. The van der Waals surface area contributed by atoms with Gasteiger partial charge in [-0.25, -0.2) is 0 Å². The standard InChI is InChI=1S/C12H17N3O/c1-10-3-4-13-11(9-10)12(16)15-7-5-14(2)6-8-15/h3-4,9H,5-8H2,1-2H3. The molecule has 1 fully saturated rings. The van der Waals surface area contributed by atoms with Gasteiger partial charge in [0.2, 0.25) is 0 Å². The first-order chi connectivity index (χ1) is 7.66. The van der Waals surface area contributed by atoms with Crippen molar-refractivity contribution in [2.45, 2.75) is 6.92 Å². The average Bonchev–Trinajstić information content (AvgIpc) is 2.29. The lowest BCUT2D eigenvalue weighted by molar-refractivity contribution is 0.0658. The highest BCUT2D eigenvalue weighted by Gasteiger charge is 2.20. The van der Waals surface area contributed by atoms with Crippen molar-refractivity contribution in [1.29, 1.82) is 0 Å². The van der Waals surface area contributed by atoms with Gasteiger partial charge >= 0.3 is 0 Å². The van der Waals surface area contributed by atoms with Crippen LogP contribution in [0.2, 0.25) is 0 Å². The van der Waals surface area contributed by atoms with Crippen molar-refractivity contribution < 1.29 is 4.79 Å². The highest BCUT2D eigenvalue weighted by atomic mass is 16.2. The second-order valence-electron chi connectivity index (χ2n) is 4.31. The lowest BCUT2D eigenvalue weighted by atomic mass is 10.2. The summed E-state index contributed by atoms with van der Waals surface area (Å²) in [5.41, 5.74) is 1.64. The SMILES string of the molecule is Cc1ccnc(C(=O)N2CCN(C)CC2)c1. The molecule has 0 aromatic carbocycles. The van der Waals surface area contributed by atoms with Crippen LogP contribution in [0.1, 0.15) is 16.1 Å². The molecular weight excluding hydrogens is 202 g/mol. The number of aryl methyl sites for hydroxylation is 1. The zero-order chi connectivity index (χ0) is 11.5. The Hall–Kier alpha value is -1.42. The van der Waals surface area contributed by atoms with Gasteiger partial charge in [-0.15, -0.1) is 0 Å². The van der Waals surface area contributed by atoms with Crippen molar-refractivity contribution in [3.05, 3.63) is 29.6 Å². The first-order valence-corrected chi connectivity index (χ1v) is 5.57. The van der Waals surface area contributed by atoms with Crippen LogP contribution in [0.25, 0.3) is 0 Å². The summed E-state index contributed by atoms with van der Waals surface area (Å²) in [6.45, 7) is 5.45. The van der Waals surface area contributed by atoms with Crippen LogP contribution in [0, 0.1) is 6.92 Å². The van der Waals surface area contributed by atoms with E-state index >= 15 is 0 Å². The Morgan fingerprint density at radius 2 is 2.00 bits per heavy atom. The molecule has 1 amide bonds. The predicted octanol–water partition coefficient (Wildman–Crippen LogP) is 0.778. The van der Waals surface area contributed by atoms with E-state index in [4.69, 9.17) is 0 Å². The maximum absolute atomic E-state index is 12.1. The summed E-state index contributed by atoms with van der Waals surface area (Å²) >= 11 is 0. The van der Waals surface area contributed by atoms with Gasteiger partial charge in [0, 0.05) is 32.4 Å². The summed E-state index contributed by atoms with van der Waals surface area (Å²) in [4.78, 5) is 20.3. The minimum Gasteiger partial charge on any atom is -0.335 e. The van der Waals surface area contributed by atoms with Gasteiger partial charge in [-0.1, -0.05) is 0 Å². The first kappa shape index (κ1) is 11.1. The topological polar surface area (TPSA) is 36.4 Å². The fourth-order valence-corrected chi connectivity index (χ4v) is 1.82. The van der Waals surface area contributed by atoms with E-state index in [-0.39, 0.29) is 5.91 Å². The molecule has 0 atom stereocenters. The molecule has 1 aromatic rings. The summed E-state index contributed by atoms with van der Waals surface area (Å²) in [7, 11) is 2.08. The minimum atomic E-state index is 0.0526. The maximum atomic E-state index is 12.1. The number of amides is 1. The van der Waals surface area contributed by atoms with Crippen molar-refractivity contribution in [2.75, 3.05) is 33.2 Å². The molecule has 0 N–H and O–H groups in total. The van der Waals surface area contributed by atoms with Crippen LogP contribution in [0.5, 0.6) is 0 Å². The molecule has 1 aliphatic heterocycles. The molecule has 2 heterocycles. The van der Waals surface area contributed by atoms with Crippen LogP contribution in [-0.4, -0.2) is 53.9 Å². The van der Waals surface area contributed by atoms with Crippen LogP contribution >= 0.6 is 0 Å². The monoisotopic (exact) mass is 219 g/mol. The summed E-state index contributed by atoms with van der Waals surface area (Å²) < 4.78 is 0. The van der Waals surface area contributed by atoms with Gasteiger partial charge in [-0.3, -0.25) is 9.78 Å². The fourth-order valence-electron chi connectivity index (χ4n) is 1.82. The summed E-state index contributed by atoms with van der Waals surface area (Å²) in [5, 5.41) is 0. The van der Waals surface area contributed by atoms with Gasteiger partial charge in [-0.05, 0) is 31.7 Å². The third kappa shape index (κ3) is 2.39. The van der Waals surface area contributed by atoms with E-state index in [0.717, 1.165) is 31.7 Å². The van der Waals surface area contributed by atoms with Crippen LogP contribution in [0.15, 0.2) is 18.3 Å². The second-order valence-corrected chi connectivity index (χ2v) is 4.31.